The number of rotatable bonds is 1. The van der Waals surface area contributed by atoms with Crippen molar-refractivity contribution in [3.63, 3.8) is 0 Å². The van der Waals surface area contributed by atoms with Crippen LogP contribution in [-0.4, -0.2) is 10.4 Å². The molecule has 1 aromatic rings. The van der Waals surface area contributed by atoms with Gasteiger partial charge in [-0.2, -0.15) is 0 Å². The summed E-state index contributed by atoms with van der Waals surface area (Å²) in [6, 6.07) is 8.12. The molecule has 1 aliphatic rings. The van der Waals surface area contributed by atoms with E-state index in [1.54, 1.807) is 0 Å². The molecule has 64 valence electrons. The second-order valence-corrected chi connectivity index (χ2v) is 3.88. The number of alkyl halides is 1. The van der Waals surface area contributed by atoms with E-state index >= 15 is 0 Å². The molecule has 0 fully saturated rings. The molecule has 1 aliphatic carbocycles. The standard InChI is InChI=1S/C10H11BrO/c11-7-10(12)6-5-8-3-1-2-4-9(8)10/h1-4,12H,5-7H2. The quantitative estimate of drug-likeness (QED) is 0.729. The van der Waals surface area contributed by atoms with Gasteiger partial charge in [0.1, 0.15) is 0 Å². The van der Waals surface area contributed by atoms with E-state index < -0.39 is 5.60 Å². The molecule has 0 heterocycles. The van der Waals surface area contributed by atoms with Crippen molar-refractivity contribution in [2.24, 2.45) is 0 Å². The van der Waals surface area contributed by atoms with E-state index in [0.29, 0.717) is 5.33 Å². The Labute approximate surface area is 80.5 Å². The van der Waals surface area contributed by atoms with Gasteiger partial charge < -0.3 is 5.11 Å². The van der Waals surface area contributed by atoms with Gasteiger partial charge in [-0.25, -0.2) is 0 Å². The molecule has 0 radical (unpaired) electrons. The Morgan fingerprint density at radius 2 is 2.17 bits per heavy atom. The van der Waals surface area contributed by atoms with Crippen LogP contribution in [0.15, 0.2) is 24.3 Å². The van der Waals surface area contributed by atoms with Crippen molar-refractivity contribution in [2.45, 2.75) is 18.4 Å². The summed E-state index contributed by atoms with van der Waals surface area (Å²) in [4.78, 5) is 0. The smallest absolute Gasteiger partial charge is 0.0998 e. The summed E-state index contributed by atoms with van der Waals surface area (Å²) in [5.41, 5.74) is 1.78. The topological polar surface area (TPSA) is 20.2 Å². The van der Waals surface area contributed by atoms with Gasteiger partial charge in [0.25, 0.3) is 0 Å². The molecule has 0 spiro atoms. The minimum Gasteiger partial charge on any atom is -0.384 e. The molecule has 1 N–H and O–H groups in total. The first-order chi connectivity index (χ1) is 5.76. The van der Waals surface area contributed by atoms with Crippen LogP contribution in [0.5, 0.6) is 0 Å². The Morgan fingerprint density at radius 1 is 1.42 bits per heavy atom. The molecule has 1 nitrogen and oxygen atoms in total. The normalized spacial score (nSPS) is 27.2. The summed E-state index contributed by atoms with van der Waals surface area (Å²) >= 11 is 3.35. The van der Waals surface area contributed by atoms with E-state index in [4.69, 9.17) is 0 Å². The fraction of sp³-hybridized carbons (Fsp3) is 0.400. The van der Waals surface area contributed by atoms with Crippen molar-refractivity contribution >= 4 is 15.9 Å². The molecule has 0 saturated heterocycles. The molecular formula is C10H11BrO. The molecule has 1 aromatic carbocycles. The lowest BCUT2D eigenvalue weighted by atomic mass is 9.99. The lowest BCUT2D eigenvalue weighted by molar-refractivity contribution is 0.0661. The highest BCUT2D eigenvalue weighted by Crippen LogP contribution is 2.37. The van der Waals surface area contributed by atoms with Crippen molar-refractivity contribution in [2.75, 3.05) is 5.33 Å². The maximum Gasteiger partial charge on any atom is 0.0998 e. The van der Waals surface area contributed by atoms with Crippen LogP contribution < -0.4 is 0 Å². The van der Waals surface area contributed by atoms with Crippen LogP contribution in [0.1, 0.15) is 17.5 Å². The van der Waals surface area contributed by atoms with E-state index in [1.165, 1.54) is 5.56 Å². The first kappa shape index (κ1) is 8.27. The third kappa shape index (κ3) is 1.10. The molecule has 0 aromatic heterocycles. The van der Waals surface area contributed by atoms with Gasteiger partial charge in [-0.1, -0.05) is 40.2 Å². The van der Waals surface area contributed by atoms with Crippen LogP contribution >= 0.6 is 15.9 Å². The number of fused-ring (bicyclic) bond motifs is 1. The van der Waals surface area contributed by atoms with Crippen LogP contribution in [0, 0.1) is 0 Å². The number of benzene rings is 1. The van der Waals surface area contributed by atoms with Crippen LogP contribution in [0.4, 0.5) is 0 Å². The van der Waals surface area contributed by atoms with E-state index in [0.717, 1.165) is 18.4 Å². The second-order valence-electron chi connectivity index (χ2n) is 3.32. The summed E-state index contributed by atoms with van der Waals surface area (Å²) in [6.07, 6.45) is 1.84. The van der Waals surface area contributed by atoms with Gasteiger partial charge in [-0.05, 0) is 24.0 Å². The van der Waals surface area contributed by atoms with Crippen molar-refractivity contribution < 1.29 is 5.11 Å². The van der Waals surface area contributed by atoms with Crippen LogP contribution in [-0.2, 0) is 12.0 Å². The van der Waals surface area contributed by atoms with E-state index in [2.05, 4.69) is 22.0 Å². The zero-order chi connectivity index (χ0) is 8.60. The van der Waals surface area contributed by atoms with Crippen LogP contribution in [0.25, 0.3) is 0 Å². The number of halogens is 1. The summed E-state index contributed by atoms with van der Waals surface area (Å²) < 4.78 is 0. The van der Waals surface area contributed by atoms with Crippen LogP contribution in [0.3, 0.4) is 0 Å². The highest BCUT2D eigenvalue weighted by Gasteiger charge is 2.34. The monoisotopic (exact) mass is 226 g/mol. The van der Waals surface area contributed by atoms with Crippen molar-refractivity contribution in [1.29, 1.82) is 0 Å². The van der Waals surface area contributed by atoms with Gasteiger partial charge >= 0.3 is 0 Å². The lowest BCUT2D eigenvalue weighted by Gasteiger charge is -2.20. The highest BCUT2D eigenvalue weighted by atomic mass is 79.9. The van der Waals surface area contributed by atoms with E-state index in [9.17, 15) is 5.11 Å². The zero-order valence-corrected chi connectivity index (χ0v) is 8.34. The minimum absolute atomic E-state index is 0.614. The van der Waals surface area contributed by atoms with E-state index in [1.807, 2.05) is 18.2 Å². The fourth-order valence-electron chi connectivity index (χ4n) is 1.81. The predicted octanol–water partition coefficient (Wildman–Crippen LogP) is 2.22. The minimum atomic E-state index is -0.614. The first-order valence-corrected chi connectivity index (χ1v) is 5.25. The largest absolute Gasteiger partial charge is 0.384 e. The Kier molecular flexibility index (Phi) is 1.97. The highest BCUT2D eigenvalue weighted by molar-refractivity contribution is 9.09. The summed E-state index contributed by atoms with van der Waals surface area (Å²) in [5, 5.41) is 10.7. The molecule has 12 heavy (non-hydrogen) atoms. The maximum atomic E-state index is 10.1. The van der Waals surface area contributed by atoms with Crippen molar-refractivity contribution in [3.05, 3.63) is 35.4 Å². The molecule has 0 bridgehead atoms. The molecule has 1 unspecified atom stereocenters. The summed E-state index contributed by atoms with van der Waals surface area (Å²) in [6.45, 7) is 0. The van der Waals surface area contributed by atoms with Crippen molar-refractivity contribution in [1.82, 2.24) is 0 Å². The van der Waals surface area contributed by atoms with Gasteiger partial charge in [0.15, 0.2) is 0 Å². The number of hydrogen-bond donors (Lipinski definition) is 1. The maximum absolute atomic E-state index is 10.1. The number of aryl methyl sites for hydroxylation is 1. The van der Waals surface area contributed by atoms with Gasteiger partial charge in [0, 0.05) is 5.33 Å². The Bertz CT molecular complexity index is 298. The molecule has 1 atom stereocenters. The van der Waals surface area contributed by atoms with Crippen LogP contribution in [0.2, 0.25) is 0 Å². The SMILES string of the molecule is OC1(CBr)CCc2ccccc21. The fourth-order valence-corrected chi connectivity index (χ4v) is 2.39. The average molecular weight is 227 g/mol. The molecule has 2 heteroatoms. The third-order valence-electron chi connectivity index (χ3n) is 2.55. The van der Waals surface area contributed by atoms with Crippen molar-refractivity contribution in [3.8, 4) is 0 Å². The second kappa shape index (κ2) is 2.86. The molecular weight excluding hydrogens is 216 g/mol. The van der Waals surface area contributed by atoms with Gasteiger partial charge in [-0.15, -0.1) is 0 Å². The molecule has 0 saturated carbocycles. The molecule has 0 aliphatic heterocycles. The Balaban J connectivity index is 2.49. The summed E-state index contributed by atoms with van der Waals surface area (Å²) in [7, 11) is 0. The Morgan fingerprint density at radius 3 is 2.92 bits per heavy atom. The zero-order valence-electron chi connectivity index (χ0n) is 6.76. The predicted molar refractivity (Wildman–Crippen MR) is 52.5 cm³/mol. The molecule has 2 rings (SSSR count). The number of hydrogen-bond acceptors (Lipinski definition) is 1. The molecule has 0 amide bonds. The van der Waals surface area contributed by atoms with Gasteiger partial charge in [-0.3, -0.25) is 0 Å². The first-order valence-electron chi connectivity index (χ1n) is 4.13. The van der Waals surface area contributed by atoms with Gasteiger partial charge in [0.2, 0.25) is 0 Å². The lowest BCUT2D eigenvalue weighted by Crippen LogP contribution is -2.23. The average Bonchev–Trinajstić information content (AvgIpc) is 2.46. The summed E-state index contributed by atoms with van der Waals surface area (Å²) in [5.74, 6) is 0. The Hall–Kier alpha value is -0.340. The third-order valence-corrected chi connectivity index (χ3v) is 3.48. The number of aliphatic hydroxyl groups is 1. The van der Waals surface area contributed by atoms with Gasteiger partial charge in [0.05, 0.1) is 5.60 Å². The van der Waals surface area contributed by atoms with E-state index in [-0.39, 0.29) is 0 Å².